The van der Waals surface area contributed by atoms with Gasteiger partial charge in [-0.3, -0.25) is 10.1 Å². The third-order valence-electron chi connectivity index (χ3n) is 5.85. The Hall–Kier alpha value is -3.47. The first-order valence-electron chi connectivity index (χ1n) is 11.2. The molecule has 10 nitrogen and oxygen atoms in total. The van der Waals surface area contributed by atoms with Crippen molar-refractivity contribution in [3.05, 3.63) is 50.4 Å². The number of piperidine rings is 1. The Balaban J connectivity index is 1.54. The maximum Gasteiger partial charge on any atom is 0.508 e. The lowest BCUT2D eigenvalue weighted by molar-refractivity contribution is -0.384. The van der Waals surface area contributed by atoms with E-state index in [2.05, 4.69) is 17.1 Å². The minimum Gasteiger partial charge on any atom is -0.435 e. The molecular formula is C23H27N5O5S. The van der Waals surface area contributed by atoms with E-state index in [0.29, 0.717) is 44.2 Å². The Morgan fingerprint density at radius 3 is 2.76 bits per heavy atom. The molecule has 3 heterocycles. The van der Waals surface area contributed by atoms with Gasteiger partial charge >= 0.3 is 6.16 Å². The summed E-state index contributed by atoms with van der Waals surface area (Å²) in [5.41, 5.74) is 1.97. The standard InChI is InChI=1S/C23H27N5O5S/c1-4-32-23(29)33-18-8-10-27(11-9-18)22-25-20(19-14(2)15(3)34-21(19)26-22)24-13-16-6-5-7-17(12-16)28(30)31/h5-7,12,18H,4,8-11,13H2,1-3H3,(H,24,25,26). The summed E-state index contributed by atoms with van der Waals surface area (Å²) in [6.07, 6.45) is 0.519. The number of carbonyl (C=O) groups excluding carboxylic acids is 1. The fourth-order valence-electron chi connectivity index (χ4n) is 3.94. The Morgan fingerprint density at radius 1 is 1.29 bits per heavy atom. The van der Waals surface area contributed by atoms with Crippen LogP contribution in [0.1, 0.15) is 35.8 Å². The van der Waals surface area contributed by atoms with Crippen LogP contribution in [0.3, 0.4) is 0 Å². The SMILES string of the molecule is CCOC(=O)OC1CCN(c2nc(NCc3cccc([N+](=O)[O-])c3)c3c(C)c(C)sc3n2)CC1. The van der Waals surface area contributed by atoms with E-state index in [1.807, 2.05) is 13.0 Å². The van der Waals surface area contributed by atoms with Gasteiger partial charge in [-0.15, -0.1) is 11.3 Å². The average Bonchev–Trinajstić information content (AvgIpc) is 3.11. The fourth-order valence-corrected chi connectivity index (χ4v) is 4.96. The molecule has 1 aliphatic rings. The van der Waals surface area contributed by atoms with E-state index in [9.17, 15) is 14.9 Å². The number of aromatic nitrogens is 2. The summed E-state index contributed by atoms with van der Waals surface area (Å²) in [4.78, 5) is 36.1. The molecule has 0 spiro atoms. The number of nitro benzene ring substituents is 1. The predicted molar refractivity (Wildman–Crippen MR) is 131 cm³/mol. The second kappa shape index (κ2) is 10.2. The molecule has 180 valence electrons. The van der Waals surface area contributed by atoms with Crippen LogP contribution in [0.15, 0.2) is 24.3 Å². The smallest absolute Gasteiger partial charge is 0.435 e. The van der Waals surface area contributed by atoms with Crippen LogP contribution in [0, 0.1) is 24.0 Å². The van der Waals surface area contributed by atoms with Crippen LogP contribution < -0.4 is 10.2 Å². The van der Waals surface area contributed by atoms with Crippen molar-refractivity contribution in [1.82, 2.24) is 9.97 Å². The van der Waals surface area contributed by atoms with Crippen molar-refractivity contribution >= 4 is 45.2 Å². The molecule has 11 heteroatoms. The molecule has 34 heavy (non-hydrogen) atoms. The Labute approximate surface area is 201 Å². The monoisotopic (exact) mass is 485 g/mol. The van der Waals surface area contributed by atoms with Gasteiger partial charge in [-0.2, -0.15) is 4.98 Å². The highest BCUT2D eigenvalue weighted by Gasteiger charge is 2.26. The number of nitrogens with zero attached hydrogens (tertiary/aromatic N) is 4. The first-order valence-corrected chi connectivity index (χ1v) is 12.0. The Kier molecular flexibility index (Phi) is 7.11. The van der Waals surface area contributed by atoms with Crippen molar-refractivity contribution in [2.75, 3.05) is 29.9 Å². The Morgan fingerprint density at radius 2 is 2.06 bits per heavy atom. The molecule has 0 bridgehead atoms. The van der Waals surface area contributed by atoms with E-state index in [0.717, 1.165) is 21.3 Å². The van der Waals surface area contributed by atoms with Gasteiger partial charge in [0.25, 0.3) is 5.69 Å². The van der Waals surface area contributed by atoms with Crippen LogP contribution in [0.5, 0.6) is 0 Å². The molecule has 1 N–H and O–H groups in total. The van der Waals surface area contributed by atoms with Crippen molar-refractivity contribution in [3.8, 4) is 0 Å². The number of ether oxygens (including phenoxy) is 2. The van der Waals surface area contributed by atoms with E-state index in [1.54, 1.807) is 30.4 Å². The fraction of sp³-hybridized carbons (Fsp3) is 0.435. The first kappa shape index (κ1) is 23.7. The lowest BCUT2D eigenvalue weighted by Crippen LogP contribution is -2.39. The number of anilines is 2. The van der Waals surface area contributed by atoms with Crippen LogP contribution in [-0.2, 0) is 16.0 Å². The summed E-state index contributed by atoms with van der Waals surface area (Å²) in [7, 11) is 0. The van der Waals surface area contributed by atoms with Crippen molar-refractivity contribution < 1.29 is 19.2 Å². The van der Waals surface area contributed by atoms with Crippen molar-refractivity contribution in [1.29, 1.82) is 0 Å². The molecule has 0 aliphatic carbocycles. The van der Waals surface area contributed by atoms with E-state index >= 15 is 0 Å². The van der Waals surface area contributed by atoms with Gasteiger partial charge < -0.3 is 19.7 Å². The molecule has 1 aliphatic heterocycles. The minimum atomic E-state index is -0.629. The number of non-ortho nitro benzene ring substituents is 1. The van der Waals surface area contributed by atoms with Gasteiger partial charge in [-0.1, -0.05) is 12.1 Å². The summed E-state index contributed by atoms with van der Waals surface area (Å²) in [5, 5.41) is 15.5. The first-order chi connectivity index (χ1) is 16.4. The van der Waals surface area contributed by atoms with Crippen molar-refractivity contribution in [3.63, 3.8) is 0 Å². The molecular weight excluding hydrogens is 458 g/mol. The third-order valence-corrected chi connectivity index (χ3v) is 6.95. The number of nitro groups is 1. The van der Waals surface area contributed by atoms with Crippen LogP contribution >= 0.6 is 11.3 Å². The quantitative estimate of drug-likeness (QED) is 0.281. The molecule has 0 radical (unpaired) electrons. The predicted octanol–water partition coefficient (Wildman–Crippen LogP) is 4.97. The molecule has 0 amide bonds. The van der Waals surface area contributed by atoms with Crippen LogP contribution in [0.2, 0.25) is 0 Å². The molecule has 0 saturated carbocycles. The van der Waals surface area contributed by atoms with Crippen molar-refractivity contribution in [2.45, 2.75) is 46.3 Å². The largest absolute Gasteiger partial charge is 0.508 e. The zero-order valence-electron chi connectivity index (χ0n) is 19.4. The zero-order valence-corrected chi connectivity index (χ0v) is 20.2. The van der Waals surface area contributed by atoms with Crippen LogP contribution in [0.25, 0.3) is 10.2 Å². The van der Waals surface area contributed by atoms with E-state index in [-0.39, 0.29) is 18.4 Å². The summed E-state index contributed by atoms with van der Waals surface area (Å²) in [5.74, 6) is 1.32. The molecule has 0 unspecified atom stereocenters. The van der Waals surface area contributed by atoms with Crippen LogP contribution in [-0.4, -0.2) is 46.8 Å². The number of fused-ring (bicyclic) bond motifs is 1. The van der Waals surface area contributed by atoms with Gasteiger partial charge in [0.15, 0.2) is 0 Å². The number of hydrogen-bond acceptors (Lipinski definition) is 10. The molecule has 3 aromatic rings. The summed E-state index contributed by atoms with van der Waals surface area (Å²) >= 11 is 1.62. The minimum absolute atomic E-state index is 0.0586. The van der Waals surface area contributed by atoms with Crippen LogP contribution in [0.4, 0.5) is 22.2 Å². The maximum atomic E-state index is 11.6. The van der Waals surface area contributed by atoms with Gasteiger partial charge in [-0.05, 0) is 31.9 Å². The number of aryl methyl sites for hydroxylation is 2. The van der Waals surface area contributed by atoms with Gasteiger partial charge in [-0.25, -0.2) is 9.78 Å². The maximum absolute atomic E-state index is 11.6. The lowest BCUT2D eigenvalue weighted by atomic mass is 10.1. The zero-order chi connectivity index (χ0) is 24.2. The second-order valence-electron chi connectivity index (χ2n) is 8.10. The van der Waals surface area contributed by atoms with E-state index in [4.69, 9.17) is 19.4 Å². The number of nitrogens with one attached hydrogen (secondary N) is 1. The van der Waals surface area contributed by atoms with E-state index < -0.39 is 11.1 Å². The number of benzene rings is 1. The second-order valence-corrected chi connectivity index (χ2v) is 9.31. The number of rotatable bonds is 7. The Bertz CT molecular complexity index is 1210. The summed E-state index contributed by atoms with van der Waals surface area (Å²) in [6, 6.07) is 6.57. The number of carbonyl (C=O) groups is 1. The number of hydrogen-bond donors (Lipinski definition) is 1. The molecule has 2 aromatic heterocycles. The number of thiophene rings is 1. The highest BCUT2D eigenvalue weighted by atomic mass is 32.1. The summed E-state index contributed by atoms with van der Waals surface area (Å²) in [6.45, 7) is 7.86. The molecule has 0 atom stereocenters. The van der Waals surface area contributed by atoms with Gasteiger partial charge in [0.2, 0.25) is 5.95 Å². The third kappa shape index (κ3) is 5.19. The topological polar surface area (TPSA) is 120 Å². The average molecular weight is 486 g/mol. The highest BCUT2D eigenvalue weighted by Crippen LogP contribution is 2.35. The van der Waals surface area contributed by atoms with Gasteiger partial charge in [0.05, 0.1) is 16.9 Å². The molecule has 4 rings (SSSR count). The highest BCUT2D eigenvalue weighted by molar-refractivity contribution is 7.18. The lowest BCUT2D eigenvalue weighted by Gasteiger charge is -2.31. The normalized spacial score (nSPS) is 14.3. The van der Waals surface area contributed by atoms with Gasteiger partial charge in [0.1, 0.15) is 16.8 Å². The summed E-state index contributed by atoms with van der Waals surface area (Å²) < 4.78 is 10.2. The van der Waals surface area contributed by atoms with E-state index in [1.165, 1.54) is 10.9 Å². The van der Waals surface area contributed by atoms with Gasteiger partial charge in [0, 0.05) is 49.5 Å². The molecule has 1 saturated heterocycles. The molecule has 1 aromatic carbocycles. The molecule has 1 fully saturated rings. The van der Waals surface area contributed by atoms with Crippen molar-refractivity contribution in [2.24, 2.45) is 0 Å².